The summed E-state index contributed by atoms with van der Waals surface area (Å²) in [5, 5.41) is 6.63. The molecule has 4 heteroatoms. The number of rotatable bonds is 2. The number of nitrogens with zero attached hydrogens (tertiary/aromatic N) is 2. The molecule has 2 fully saturated rings. The first-order chi connectivity index (χ1) is 13.3. The minimum Gasteiger partial charge on any atom is -0.314 e. The lowest BCUT2D eigenvalue weighted by Gasteiger charge is -2.27. The first kappa shape index (κ1) is 27.1. The zero-order chi connectivity index (χ0) is 21.2. The van der Waals surface area contributed by atoms with Crippen molar-refractivity contribution in [1.29, 1.82) is 0 Å². The molecule has 1 aromatic carbocycles. The molecule has 2 aliphatic rings. The van der Waals surface area contributed by atoms with Gasteiger partial charge < -0.3 is 15.5 Å². The Morgan fingerprint density at radius 1 is 0.714 bits per heavy atom. The van der Waals surface area contributed by atoms with Crippen LogP contribution in [0.3, 0.4) is 0 Å². The highest BCUT2D eigenvalue weighted by Crippen LogP contribution is 2.04. The zero-order valence-corrected chi connectivity index (χ0v) is 19.8. The Bertz CT molecular complexity index is 410. The van der Waals surface area contributed by atoms with E-state index in [-0.39, 0.29) is 0 Å². The third kappa shape index (κ3) is 19.8. The van der Waals surface area contributed by atoms with Crippen molar-refractivity contribution >= 4 is 0 Å². The number of piperazine rings is 2. The largest absolute Gasteiger partial charge is 0.314 e. The highest BCUT2D eigenvalue weighted by Gasteiger charge is 2.08. The van der Waals surface area contributed by atoms with Crippen molar-refractivity contribution in [2.75, 3.05) is 59.4 Å². The van der Waals surface area contributed by atoms with Crippen LogP contribution in [0.25, 0.3) is 0 Å². The van der Waals surface area contributed by atoms with E-state index in [1.807, 2.05) is 0 Å². The quantitative estimate of drug-likeness (QED) is 0.798. The van der Waals surface area contributed by atoms with Crippen LogP contribution < -0.4 is 10.6 Å². The van der Waals surface area contributed by atoms with Gasteiger partial charge in [0, 0.05) is 58.9 Å². The van der Waals surface area contributed by atoms with E-state index in [1.165, 1.54) is 31.7 Å². The smallest absolute Gasteiger partial charge is 0.0234 e. The number of likely N-dealkylation sites (N-methyl/N-ethyl adjacent to an activating group) is 1. The van der Waals surface area contributed by atoms with Crippen molar-refractivity contribution in [3.8, 4) is 0 Å². The Labute approximate surface area is 176 Å². The standard InChI is InChI=1S/C11H16N2.C5H12N2.2C4H10/c1-2-4-11(5-3-1)10-13-8-6-12-7-9-13;1-7-4-2-6-3-5-7;2*1-4(2)3/h1-5,12H,6-10H2;6H,2-5H2,1H3;2*4H,1-3H3. The van der Waals surface area contributed by atoms with Gasteiger partial charge in [0.05, 0.1) is 0 Å². The first-order valence-electron chi connectivity index (χ1n) is 11.2. The summed E-state index contributed by atoms with van der Waals surface area (Å²) < 4.78 is 0. The molecule has 0 radical (unpaired) electrons. The molecule has 0 unspecified atom stereocenters. The average molecular weight is 393 g/mol. The molecule has 0 aromatic heterocycles. The molecule has 2 N–H and O–H groups in total. The normalized spacial score (nSPS) is 17.6. The molecule has 4 nitrogen and oxygen atoms in total. The van der Waals surface area contributed by atoms with Gasteiger partial charge in [-0.25, -0.2) is 0 Å². The van der Waals surface area contributed by atoms with Gasteiger partial charge in [0.2, 0.25) is 0 Å². The summed E-state index contributed by atoms with van der Waals surface area (Å²) in [4.78, 5) is 4.82. The van der Waals surface area contributed by atoms with Crippen LogP contribution in [0, 0.1) is 11.8 Å². The van der Waals surface area contributed by atoms with Gasteiger partial charge in [-0.15, -0.1) is 0 Å². The fourth-order valence-electron chi connectivity index (χ4n) is 2.49. The summed E-state index contributed by atoms with van der Waals surface area (Å²) in [7, 11) is 2.15. The predicted octanol–water partition coefficient (Wildman–Crippen LogP) is 3.94. The topological polar surface area (TPSA) is 30.5 Å². The third-order valence-electron chi connectivity index (χ3n) is 3.80. The Kier molecular flexibility index (Phi) is 17.5. The van der Waals surface area contributed by atoms with Crippen molar-refractivity contribution in [1.82, 2.24) is 20.4 Å². The molecule has 2 saturated heterocycles. The Morgan fingerprint density at radius 2 is 1.11 bits per heavy atom. The number of hydrogen-bond donors (Lipinski definition) is 2. The molecular formula is C24H48N4. The summed E-state index contributed by atoms with van der Waals surface area (Å²) in [6.07, 6.45) is 0. The van der Waals surface area contributed by atoms with Gasteiger partial charge in [0.1, 0.15) is 0 Å². The first-order valence-corrected chi connectivity index (χ1v) is 11.2. The van der Waals surface area contributed by atoms with E-state index in [1.54, 1.807) is 0 Å². The van der Waals surface area contributed by atoms with E-state index in [0.717, 1.165) is 44.6 Å². The summed E-state index contributed by atoms with van der Waals surface area (Å²) in [6, 6.07) is 10.7. The molecule has 28 heavy (non-hydrogen) atoms. The second-order valence-corrected chi connectivity index (χ2v) is 9.03. The van der Waals surface area contributed by atoms with Gasteiger partial charge in [-0.1, -0.05) is 71.9 Å². The van der Waals surface area contributed by atoms with Crippen LogP contribution in [0.4, 0.5) is 0 Å². The van der Waals surface area contributed by atoms with E-state index in [9.17, 15) is 0 Å². The highest BCUT2D eigenvalue weighted by molar-refractivity contribution is 5.14. The molecule has 0 aliphatic carbocycles. The van der Waals surface area contributed by atoms with Crippen LogP contribution in [0.2, 0.25) is 0 Å². The second-order valence-electron chi connectivity index (χ2n) is 9.03. The maximum atomic E-state index is 3.36. The van der Waals surface area contributed by atoms with Gasteiger partial charge in [-0.3, -0.25) is 4.90 Å². The molecule has 0 amide bonds. The number of nitrogens with one attached hydrogen (secondary N) is 2. The Morgan fingerprint density at radius 3 is 1.46 bits per heavy atom. The molecular weight excluding hydrogens is 344 g/mol. The molecule has 2 aliphatic heterocycles. The number of hydrogen-bond acceptors (Lipinski definition) is 4. The maximum Gasteiger partial charge on any atom is 0.0234 e. The predicted molar refractivity (Wildman–Crippen MR) is 126 cm³/mol. The van der Waals surface area contributed by atoms with Crippen LogP contribution in [-0.4, -0.2) is 69.2 Å². The van der Waals surface area contributed by atoms with Crippen molar-refractivity contribution in [3.63, 3.8) is 0 Å². The molecule has 1 aromatic rings. The summed E-state index contributed by atoms with van der Waals surface area (Å²) >= 11 is 0. The summed E-state index contributed by atoms with van der Waals surface area (Å²) in [5.41, 5.74) is 1.42. The van der Waals surface area contributed by atoms with E-state index >= 15 is 0 Å². The fraction of sp³-hybridized carbons (Fsp3) is 0.750. The van der Waals surface area contributed by atoms with Gasteiger partial charge in [-0.05, 0) is 24.4 Å². The van der Waals surface area contributed by atoms with Crippen LogP contribution in [0.1, 0.15) is 47.1 Å². The lowest BCUT2D eigenvalue weighted by molar-refractivity contribution is 0.233. The Hall–Kier alpha value is -0.940. The van der Waals surface area contributed by atoms with Gasteiger partial charge in [-0.2, -0.15) is 0 Å². The minimum atomic E-state index is 0.833. The maximum absolute atomic E-state index is 3.36. The number of benzene rings is 1. The van der Waals surface area contributed by atoms with Crippen LogP contribution >= 0.6 is 0 Å². The Balaban J connectivity index is 0.000000409. The van der Waals surface area contributed by atoms with E-state index in [2.05, 4.69) is 99.4 Å². The van der Waals surface area contributed by atoms with E-state index < -0.39 is 0 Å². The molecule has 3 rings (SSSR count). The fourth-order valence-corrected chi connectivity index (χ4v) is 2.49. The molecule has 0 bridgehead atoms. The van der Waals surface area contributed by atoms with Crippen LogP contribution in [-0.2, 0) is 6.54 Å². The SMILES string of the molecule is CC(C)C.CC(C)C.CN1CCNCC1.c1ccc(CN2CCNCC2)cc1. The van der Waals surface area contributed by atoms with Crippen LogP contribution in [0.5, 0.6) is 0 Å². The summed E-state index contributed by atoms with van der Waals surface area (Å²) in [6.45, 7) is 23.5. The van der Waals surface area contributed by atoms with Crippen molar-refractivity contribution in [2.24, 2.45) is 11.8 Å². The molecule has 0 saturated carbocycles. The zero-order valence-electron chi connectivity index (χ0n) is 19.8. The van der Waals surface area contributed by atoms with E-state index in [0.29, 0.717) is 0 Å². The lowest BCUT2D eigenvalue weighted by Crippen LogP contribution is -2.42. The summed E-state index contributed by atoms with van der Waals surface area (Å²) in [5.74, 6) is 1.67. The minimum absolute atomic E-state index is 0.833. The van der Waals surface area contributed by atoms with Gasteiger partial charge in [0.25, 0.3) is 0 Å². The van der Waals surface area contributed by atoms with Gasteiger partial charge in [0.15, 0.2) is 0 Å². The van der Waals surface area contributed by atoms with Crippen molar-refractivity contribution in [3.05, 3.63) is 35.9 Å². The molecule has 0 atom stereocenters. The van der Waals surface area contributed by atoms with Gasteiger partial charge >= 0.3 is 0 Å². The second kappa shape index (κ2) is 18.1. The monoisotopic (exact) mass is 392 g/mol. The van der Waals surface area contributed by atoms with Crippen LogP contribution in [0.15, 0.2) is 30.3 Å². The van der Waals surface area contributed by atoms with Crippen molar-refractivity contribution in [2.45, 2.75) is 48.1 Å². The molecule has 0 spiro atoms. The van der Waals surface area contributed by atoms with E-state index in [4.69, 9.17) is 0 Å². The van der Waals surface area contributed by atoms with Crippen molar-refractivity contribution < 1.29 is 0 Å². The lowest BCUT2D eigenvalue weighted by atomic mass is 10.2. The molecule has 164 valence electrons. The average Bonchev–Trinajstić information content (AvgIpc) is 2.64. The third-order valence-corrected chi connectivity index (χ3v) is 3.80. The highest BCUT2D eigenvalue weighted by atomic mass is 15.2. The molecule has 2 heterocycles.